The van der Waals surface area contributed by atoms with Gasteiger partial charge in [-0.25, -0.2) is 0 Å². The van der Waals surface area contributed by atoms with Crippen molar-refractivity contribution in [3.63, 3.8) is 0 Å². The Kier molecular flexibility index (Phi) is 3.87. The van der Waals surface area contributed by atoms with Gasteiger partial charge in [0.2, 0.25) is 5.91 Å². The van der Waals surface area contributed by atoms with Gasteiger partial charge >= 0.3 is 0 Å². The monoisotopic (exact) mass is 249 g/mol. The number of nitrogens with one attached hydrogen (secondary N) is 1. The van der Waals surface area contributed by atoms with Gasteiger partial charge in [0.25, 0.3) is 0 Å². The van der Waals surface area contributed by atoms with Crippen molar-refractivity contribution in [1.29, 1.82) is 0 Å². The van der Waals surface area contributed by atoms with Crippen molar-refractivity contribution in [1.82, 2.24) is 5.32 Å². The third-order valence-electron chi connectivity index (χ3n) is 3.15. The second-order valence-corrected chi connectivity index (χ2v) is 4.90. The van der Waals surface area contributed by atoms with Crippen LogP contribution in [0.2, 0.25) is 0 Å². The molecule has 0 atom stereocenters. The highest BCUT2D eigenvalue weighted by atomic mass is 16.5. The van der Waals surface area contributed by atoms with E-state index in [0.29, 0.717) is 13.0 Å². The van der Waals surface area contributed by atoms with E-state index in [-0.39, 0.29) is 18.1 Å². The molecule has 1 aromatic carbocycles. The van der Waals surface area contributed by atoms with Crippen LogP contribution in [0.25, 0.3) is 0 Å². The van der Waals surface area contributed by atoms with Crippen molar-refractivity contribution in [2.24, 2.45) is 0 Å². The first kappa shape index (κ1) is 12.9. The number of rotatable bonds is 6. The lowest BCUT2D eigenvalue weighted by Crippen LogP contribution is -2.40. The molecule has 0 bridgehead atoms. The molecule has 1 aliphatic rings. The number of amides is 1. The Morgan fingerprint density at radius 2 is 2.28 bits per heavy atom. The number of carbonyl (C=O) groups is 1. The zero-order chi connectivity index (χ0) is 13.0. The molecule has 1 saturated carbocycles. The maximum absolute atomic E-state index is 11.6. The van der Waals surface area contributed by atoms with Gasteiger partial charge in [0, 0.05) is 0 Å². The quantitative estimate of drug-likeness (QED) is 0.801. The predicted molar refractivity (Wildman–Crippen MR) is 68.5 cm³/mol. The molecule has 2 N–H and O–H groups in total. The second kappa shape index (κ2) is 5.40. The average Bonchev–Trinajstić information content (AvgIpc) is 3.09. The number of ether oxygens (including phenoxy) is 1. The molecule has 1 amide bonds. The Bertz CT molecular complexity index is 427. The van der Waals surface area contributed by atoms with Crippen molar-refractivity contribution < 1.29 is 14.6 Å². The highest BCUT2D eigenvalue weighted by molar-refractivity contribution is 5.77. The first-order chi connectivity index (χ1) is 8.63. The smallest absolute Gasteiger partial charge is 0.223 e. The number of aliphatic hydroxyl groups excluding tert-OH is 1. The summed E-state index contributed by atoms with van der Waals surface area (Å²) in [6, 6.07) is 7.74. The fraction of sp³-hybridized carbons (Fsp3) is 0.500. The second-order valence-electron chi connectivity index (χ2n) is 4.90. The van der Waals surface area contributed by atoms with Gasteiger partial charge in [-0.3, -0.25) is 4.79 Å². The molecule has 1 aromatic rings. The lowest BCUT2D eigenvalue weighted by Gasteiger charge is -2.14. The van der Waals surface area contributed by atoms with Crippen LogP contribution in [0.4, 0.5) is 0 Å². The van der Waals surface area contributed by atoms with Crippen molar-refractivity contribution in [3.05, 3.63) is 29.8 Å². The Labute approximate surface area is 107 Å². The van der Waals surface area contributed by atoms with E-state index in [1.807, 2.05) is 31.2 Å². The number of carbonyl (C=O) groups excluding carboxylic acids is 1. The predicted octanol–water partition coefficient (Wildman–Crippen LogP) is 1.41. The molecule has 0 spiro atoms. The number of aryl methyl sites for hydroxylation is 1. The summed E-state index contributed by atoms with van der Waals surface area (Å²) in [5.74, 6) is 0.722. The summed E-state index contributed by atoms with van der Waals surface area (Å²) in [4.78, 5) is 11.6. The fourth-order valence-corrected chi connectivity index (χ4v) is 1.80. The molecular weight excluding hydrogens is 230 g/mol. The minimum Gasteiger partial charge on any atom is -0.493 e. The maximum atomic E-state index is 11.6. The molecule has 0 aromatic heterocycles. The summed E-state index contributed by atoms with van der Waals surface area (Å²) in [6.45, 7) is 2.38. The summed E-state index contributed by atoms with van der Waals surface area (Å²) in [7, 11) is 0. The zero-order valence-corrected chi connectivity index (χ0v) is 10.6. The number of hydrogen-bond acceptors (Lipinski definition) is 3. The summed E-state index contributed by atoms with van der Waals surface area (Å²) >= 11 is 0. The molecule has 2 rings (SSSR count). The molecule has 0 aliphatic heterocycles. The van der Waals surface area contributed by atoms with Crippen LogP contribution in [0.5, 0.6) is 5.75 Å². The highest BCUT2D eigenvalue weighted by Gasteiger charge is 2.43. The molecule has 1 aliphatic carbocycles. The van der Waals surface area contributed by atoms with Gasteiger partial charge in [-0.15, -0.1) is 0 Å². The van der Waals surface area contributed by atoms with E-state index < -0.39 is 0 Å². The minimum atomic E-state index is -0.333. The normalized spacial score (nSPS) is 16.1. The van der Waals surface area contributed by atoms with Gasteiger partial charge in [0.1, 0.15) is 5.75 Å². The molecular formula is C14H19NO3. The lowest BCUT2D eigenvalue weighted by molar-refractivity contribution is -0.122. The van der Waals surface area contributed by atoms with Crippen LogP contribution < -0.4 is 10.1 Å². The van der Waals surface area contributed by atoms with Crippen LogP contribution in [0.3, 0.4) is 0 Å². The average molecular weight is 249 g/mol. The molecule has 0 heterocycles. The third-order valence-corrected chi connectivity index (χ3v) is 3.15. The Balaban J connectivity index is 1.70. The van der Waals surface area contributed by atoms with Crippen LogP contribution in [-0.2, 0) is 4.79 Å². The number of benzene rings is 1. The van der Waals surface area contributed by atoms with Crippen LogP contribution in [0.1, 0.15) is 24.8 Å². The van der Waals surface area contributed by atoms with E-state index in [9.17, 15) is 4.79 Å². The standard InChI is InChI=1S/C14H19NO3/c1-11-3-2-4-12(9-11)18-8-5-13(17)15-14(10-16)6-7-14/h2-4,9,16H,5-8,10H2,1H3,(H,15,17). The SMILES string of the molecule is Cc1cccc(OCCC(=O)NC2(CO)CC2)c1. The minimum absolute atomic E-state index is 0.0253. The van der Waals surface area contributed by atoms with E-state index >= 15 is 0 Å². The van der Waals surface area contributed by atoms with E-state index in [1.165, 1.54) is 0 Å². The maximum Gasteiger partial charge on any atom is 0.223 e. The number of aliphatic hydroxyl groups is 1. The van der Waals surface area contributed by atoms with Crippen molar-refractivity contribution >= 4 is 5.91 Å². The Morgan fingerprint density at radius 1 is 1.50 bits per heavy atom. The van der Waals surface area contributed by atoms with Gasteiger partial charge in [0.15, 0.2) is 0 Å². The van der Waals surface area contributed by atoms with Gasteiger partial charge < -0.3 is 15.2 Å². The van der Waals surface area contributed by atoms with Crippen LogP contribution in [0.15, 0.2) is 24.3 Å². The zero-order valence-electron chi connectivity index (χ0n) is 10.6. The van der Waals surface area contributed by atoms with E-state index in [1.54, 1.807) is 0 Å². The van der Waals surface area contributed by atoms with Crippen molar-refractivity contribution in [3.8, 4) is 5.75 Å². The lowest BCUT2D eigenvalue weighted by atomic mass is 10.2. The van der Waals surface area contributed by atoms with Crippen molar-refractivity contribution in [2.45, 2.75) is 31.7 Å². The van der Waals surface area contributed by atoms with E-state index in [4.69, 9.17) is 9.84 Å². The molecule has 0 radical (unpaired) electrons. The number of hydrogen-bond donors (Lipinski definition) is 2. The topological polar surface area (TPSA) is 58.6 Å². The van der Waals surface area contributed by atoms with E-state index in [0.717, 1.165) is 24.2 Å². The highest BCUT2D eigenvalue weighted by Crippen LogP contribution is 2.34. The summed E-state index contributed by atoms with van der Waals surface area (Å²) < 4.78 is 5.50. The van der Waals surface area contributed by atoms with Gasteiger partial charge in [0.05, 0.1) is 25.2 Å². The first-order valence-electron chi connectivity index (χ1n) is 6.25. The van der Waals surface area contributed by atoms with E-state index in [2.05, 4.69) is 5.32 Å². The molecule has 18 heavy (non-hydrogen) atoms. The summed E-state index contributed by atoms with van der Waals surface area (Å²) in [6.07, 6.45) is 2.05. The first-order valence-corrected chi connectivity index (χ1v) is 6.25. The molecule has 98 valence electrons. The van der Waals surface area contributed by atoms with Crippen LogP contribution in [0, 0.1) is 6.92 Å². The molecule has 4 heteroatoms. The largest absolute Gasteiger partial charge is 0.493 e. The summed E-state index contributed by atoms with van der Waals surface area (Å²) in [5.41, 5.74) is 0.801. The Hall–Kier alpha value is -1.55. The molecule has 4 nitrogen and oxygen atoms in total. The van der Waals surface area contributed by atoms with Gasteiger partial charge in [-0.1, -0.05) is 12.1 Å². The van der Waals surface area contributed by atoms with Crippen LogP contribution in [-0.4, -0.2) is 29.8 Å². The van der Waals surface area contributed by atoms with Gasteiger partial charge in [-0.05, 0) is 37.5 Å². The molecule has 0 unspecified atom stereocenters. The Morgan fingerprint density at radius 3 is 2.89 bits per heavy atom. The van der Waals surface area contributed by atoms with Crippen LogP contribution >= 0.6 is 0 Å². The third kappa shape index (κ3) is 3.47. The molecule has 1 fully saturated rings. The van der Waals surface area contributed by atoms with Crippen molar-refractivity contribution in [2.75, 3.05) is 13.2 Å². The molecule has 0 saturated heterocycles. The summed E-state index contributed by atoms with van der Waals surface area (Å²) in [5, 5.41) is 11.9. The van der Waals surface area contributed by atoms with Gasteiger partial charge in [-0.2, -0.15) is 0 Å². The fourth-order valence-electron chi connectivity index (χ4n) is 1.80.